The molecular weight excluding hydrogens is 216 g/mol. The second-order valence-electron chi connectivity index (χ2n) is 8.06. The fourth-order valence-corrected chi connectivity index (χ4v) is 6.60. The molecule has 4 aliphatic carbocycles. The predicted octanol–water partition coefficient (Wildman–Crippen LogP) is 5.20. The van der Waals surface area contributed by atoms with Crippen LogP contribution in [-0.2, 0) is 0 Å². The molecule has 0 saturated heterocycles. The van der Waals surface area contributed by atoms with Gasteiger partial charge in [-0.1, -0.05) is 31.9 Å². The second kappa shape index (κ2) is 3.87. The molecular formula is C18H28. The maximum absolute atomic E-state index is 4.40. The van der Waals surface area contributed by atoms with E-state index in [4.69, 9.17) is 0 Å². The molecule has 0 nitrogen and oxygen atoms in total. The molecule has 0 N–H and O–H groups in total. The van der Waals surface area contributed by atoms with Crippen LogP contribution in [0.4, 0.5) is 0 Å². The number of hydrogen-bond donors (Lipinski definition) is 0. The minimum Gasteiger partial charge on any atom is -0.0996 e. The summed E-state index contributed by atoms with van der Waals surface area (Å²) in [5, 5.41) is 0. The van der Waals surface area contributed by atoms with E-state index in [1.54, 1.807) is 24.8 Å². The molecule has 0 aliphatic heterocycles. The topological polar surface area (TPSA) is 0 Å². The van der Waals surface area contributed by atoms with Crippen LogP contribution >= 0.6 is 0 Å². The Morgan fingerprint density at radius 2 is 1.94 bits per heavy atom. The van der Waals surface area contributed by atoms with Crippen LogP contribution in [0, 0.1) is 35.0 Å². The van der Waals surface area contributed by atoms with Crippen molar-refractivity contribution in [2.45, 2.75) is 64.7 Å². The van der Waals surface area contributed by atoms with E-state index in [2.05, 4.69) is 13.5 Å². The van der Waals surface area contributed by atoms with Crippen molar-refractivity contribution in [3.63, 3.8) is 0 Å². The lowest BCUT2D eigenvalue weighted by atomic mass is 9.50. The number of allylic oxidation sites excluding steroid dienone is 1. The van der Waals surface area contributed by atoms with Gasteiger partial charge in [0.2, 0.25) is 0 Å². The first kappa shape index (κ1) is 11.6. The monoisotopic (exact) mass is 244 g/mol. The van der Waals surface area contributed by atoms with Gasteiger partial charge >= 0.3 is 0 Å². The zero-order valence-electron chi connectivity index (χ0n) is 12.0. The Morgan fingerprint density at radius 1 is 1.06 bits per heavy atom. The van der Waals surface area contributed by atoms with Crippen LogP contribution < -0.4 is 0 Å². The van der Waals surface area contributed by atoms with Crippen molar-refractivity contribution in [1.82, 2.24) is 0 Å². The van der Waals surface area contributed by atoms with Crippen molar-refractivity contribution < 1.29 is 0 Å². The van der Waals surface area contributed by atoms with Gasteiger partial charge in [0, 0.05) is 0 Å². The van der Waals surface area contributed by atoms with Gasteiger partial charge in [0.1, 0.15) is 0 Å². The Morgan fingerprint density at radius 3 is 2.83 bits per heavy atom. The summed E-state index contributed by atoms with van der Waals surface area (Å²) in [7, 11) is 0. The maximum atomic E-state index is 4.40. The number of fused-ring (bicyclic) bond motifs is 3. The Bertz CT molecular complexity index is 368. The molecule has 100 valence electrons. The first-order valence-electron chi connectivity index (χ1n) is 8.37. The Hall–Kier alpha value is -0.260. The molecule has 1 spiro atoms. The molecule has 4 fully saturated rings. The van der Waals surface area contributed by atoms with E-state index in [1.807, 2.05) is 0 Å². The molecule has 6 unspecified atom stereocenters. The normalized spacial score (nSPS) is 54.9. The van der Waals surface area contributed by atoms with Crippen LogP contribution in [0.15, 0.2) is 12.2 Å². The molecule has 18 heavy (non-hydrogen) atoms. The minimum atomic E-state index is 0.734. The zero-order valence-corrected chi connectivity index (χ0v) is 12.0. The van der Waals surface area contributed by atoms with Crippen molar-refractivity contribution in [3.8, 4) is 0 Å². The molecule has 4 rings (SSSR count). The minimum absolute atomic E-state index is 0.734. The van der Waals surface area contributed by atoms with E-state index in [1.165, 1.54) is 38.5 Å². The van der Waals surface area contributed by atoms with E-state index in [-0.39, 0.29) is 0 Å². The van der Waals surface area contributed by atoms with Gasteiger partial charge in [0.15, 0.2) is 0 Å². The van der Waals surface area contributed by atoms with Crippen LogP contribution in [0.25, 0.3) is 0 Å². The van der Waals surface area contributed by atoms with Crippen LogP contribution in [0.5, 0.6) is 0 Å². The lowest BCUT2D eigenvalue weighted by Gasteiger charge is -2.55. The standard InChI is InChI=1S/C18H28/c1-12-4-3-5-16-15(12)8-9-18-10-13(2)14(11-18)6-7-17(16)18/h12,14-17H,2-11H2,1H3. The van der Waals surface area contributed by atoms with Gasteiger partial charge in [0.05, 0.1) is 0 Å². The van der Waals surface area contributed by atoms with Gasteiger partial charge in [-0.2, -0.15) is 0 Å². The van der Waals surface area contributed by atoms with Gasteiger partial charge < -0.3 is 0 Å². The summed E-state index contributed by atoms with van der Waals surface area (Å²) in [6.45, 7) is 6.94. The van der Waals surface area contributed by atoms with E-state index in [0.29, 0.717) is 0 Å². The van der Waals surface area contributed by atoms with Crippen molar-refractivity contribution in [2.24, 2.45) is 35.0 Å². The van der Waals surface area contributed by atoms with E-state index < -0.39 is 0 Å². The molecule has 2 bridgehead atoms. The third kappa shape index (κ3) is 1.44. The highest BCUT2D eigenvalue weighted by Crippen LogP contribution is 2.66. The fraction of sp³-hybridized carbons (Fsp3) is 0.889. The molecule has 6 atom stereocenters. The summed E-state index contributed by atoms with van der Waals surface area (Å²) in [4.78, 5) is 0. The van der Waals surface area contributed by atoms with E-state index in [0.717, 1.165) is 35.0 Å². The Kier molecular flexibility index (Phi) is 2.48. The highest BCUT2D eigenvalue weighted by molar-refractivity contribution is 5.19. The molecule has 0 radical (unpaired) electrons. The third-order valence-electron chi connectivity index (χ3n) is 7.39. The summed E-state index contributed by atoms with van der Waals surface area (Å²) in [6.07, 6.45) is 13.6. The molecule has 0 aromatic heterocycles. The van der Waals surface area contributed by atoms with Crippen LogP contribution in [-0.4, -0.2) is 0 Å². The summed E-state index contributed by atoms with van der Waals surface area (Å²) >= 11 is 0. The quantitative estimate of drug-likeness (QED) is 0.514. The predicted molar refractivity (Wildman–Crippen MR) is 76.3 cm³/mol. The molecule has 0 aromatic carbocycles. The second-order valence-corrected chi connectivity index (χ2v) is 8.06. The summed E-state index contributed by atoms with van der Waals surface area (Å²) in [6, 6.07) is 0. The van der Waals surface area contributed by atoms with Crippen molar-refractivity contribution >= 4 is 0 Å². The van der Waals surface area contributed by atoms with E-state index >= 15 is 0 Å². The van der Waals surface area contributed by atoms with Gasteiger partial charge in [-0.3, -0.25) is 0 Å². The first-order chi connectivity index (χ1) is 8.70. The molecule has 0 amide bonds. The molecule has 0 aromatic rings. The summed E-state index contributed by atoms with van der Waals surface area (Å²) in [5.41, 5.74) is 2.36. The largest absolute Gasteiger partial charge is 0.0996 e. The third-order valence-corrected chi connectivity index (χ3v) is 7.39. The number of rotatable bonds is 0. The molecule has 4 saturated carbocycles. The van der Waals surface area contributed by atoms with Crippen molar-refractivity contribution in [1.29, 1.82) is 0 Å². The van der Waals surface area contributed by atoms with Gasteiger partial charge in [-0.15, -0.1) is 0 Å². The fourth-order valence-electron chi connectivity index (χ4n) is 6.60. The number of hydrogen-bond acceptors (Lipinski definition) is 0. The van der Waals surface area contributed by atoms with Crippen LogP contribution in [0.3, 0.4) is 0 Å². The molecule has 0 heterocycles. The van der Waals surface area contributed by atoms with Crippen LogP contribution in [0.1, 0.15) is 64.7 Å². The average Bonchev–Trinajstić information content (AvgIpc) is 2.60. The smallest absolute Gasteiger partial charge is 0.0200 e. The average molecular weight is 244 g/mol. The lowest BCUT2D eigenvalue weighted by molar-refractivity contribution is -0.0550. The van der Waals surface area contributed by atoms with Gasteiger partial charge in [-0.25, -0.2) is 0 Å². The first-order valence-corrected chi connectivity index (χ1v) is 8.37. The summed E-state index contributed by atoms with van der Waals surface area (Å²) < 4.78 is 0. The molecule has 0 heteroatoms. The van der Waals surface area contributed by atoms with Crippen LogP contribution in [0.2, 0.25) is 0 Å². The van der Waals surface area contributed by atoms with E-state index in [9.17, 15) is 0 Å². The van der Waals surface area contributed by atoms with Gasteiger partial charge in [0.25, 0.3) is 0 Å². The van der Waals surface area contributed by atoms with Gasteiger partial charge in [-0.05, 0) is 80.0 Å². The SMILES string of the molecule is C=C1CC23CCC4C(C)CCCC4C2CCC1C3. The Balaban J connectivity index is 1.66. The maximum Gasteiger partial charge on any atom is -0.0200 e. The highest BCUT2D eigenvalue weighted by Gasteiger charge is 2.56. The van der Waals surface area contributed by atoms with Crippen molar-refractivity contribution in [3.05, 3.63) is 12.2 Å². The lowest BCUT2D eigenvalue weighted by Crippen LogP contribution is -2.46. The Labute approximate surface area is 112 Å². The summed E-state index contributed by atoms with van der Waals surface area (Å²) in [5.74, 6) is 5.19. The van der Waals surface area contributed by atoms with Crippen molar-refractivity contribution in [2.75, 3.05) is 0 Å². The molecule has 4 aliphatic rings. The zero-order chi connectivity index (χ0) is 12.3. The highest BCUT2D eigenvalue weighted by atomic mass is 14.6.